The van der Waals surface area contributed by atoms with Gasteiger partial charge >= 0.3 is 0 Å². The van der Waals surface area contributed by atoms with Gasteiger partial charge < -0.3 is 10.2 Å². The molecule has 2 N–H and O–H groups in total. The first-order valence-corrected chi connectivity index (χ1v) is 6.44. The third-order valence-corrected chi connectivity index (χ3v) is 2.76. The Morgan fingerprint density at radius 2 is 2.05 bits per heavy atom. The summed E-state index contributed by atoms with van der Waals surface area (Å²) in [6.07, 6.45) is 1.92. The molecular weight excluding hydrogens is 236 g/mol. The number of aromatic amines is 1. The van der Waals surface area contributed by atoms with Crippen LogP contribution in [0.3, 0.4) is 0 Å². The first-order chi connectivity index (χ1) is 9.34. The zero-order valence-corrected chi connectivity index (χ0v) is 11.5. The zero-order valence-electron chi connectivity index (χ0n) is 11.5. The molecule has 0 fully saturated rings. The molecule has 0 saturated heterocycles. The maximum Gasteiger partial charge on any atom is 0.116 e. The Labute approximate surface area is 115 Å². The molecule has 0 amide bonds. The molecule has 0 aliphatic carbocycles. The summed E-state index contributed by atoms with van der Waals surface area (Å²) in [5.41, 5.74) is 2.80. The van der Waals surface area contributed by atoms with E-state index < -0.39 is 0 Å². The number of para-hydroxylation sites is 1. The molecule has 3 rings (SSSR count). The van der Waals surface area contributed by atoms with Gasteiger partial charge in [-0.1, -0.05) is 26.0 Å². The van der Waals surface area contributed by atoms with Crippen molar-refractivity contribution in [3.8, 4) is 11.8 Å². The van der Waals surface area contributed by atoms with E-state index in [1.807, 2.05) is 51.4 Å². The summed E-state index contributed by atoms with van der Waals surface area (Å²) in [7, 11) is 2.01. The first kappa shape index (κ1) is 13.0. The standard InChI is InChI=1S/C13H12N4.C2H6.H2/c1-17-9-14-8-10(17)6-7-13-11-4-2-3-5-12(11)15-16-13;1-2;/h2-5,8,14H,9H2,1H3,(H,15,16);1-2H3;1H. The number of hydrogen-bond acceptors (Lipinski definition) is 3. The van der Waals surface area contributed by atoms with E-state index in [4.69, 9.17) is 0 Å². The summed E-state index contributed by atoms with van der Waals surface area (Å²) in [4.78, 5) is 2.06. The number of benzene rings is 1. The Hall–Kier alpha value is -2.41. The van der Waals surface area contributed by atoms with Gasteiger partial charge in [-0.3, -0.25) is 5.10 Å². The molecule has 0 atom stereocenters. The fraction of sp³-hybridized carbons (Fsp3) is 0.267. The van der Waals surface area contributed by atoms with Crippen molar-refractivity contribution in [2.45, 2.75) is 13.8 Å². The third-order valence-electron chi connectivity index (χ3n) is 2.76. The van der Waals surface area contributed by atoms with Gasteiger partial charge in [-0.15, -0.1) is 0 Å². The van der Waals surface area contributed by atoms with Crippen molar-refractivity contribution in [3.63, 3.8) is 0 Å². The maximum atomic E-state index is 4.21. The maximum absolute atomic E-state index is 4.21. The van der Waals surface area contributed by atoms with Gasteiger partial charge in [0.15, 0.2) is 0 Å². The van der Waals surface area contributed by atoms with Crippen LogP contribution in [0.1, 0.15) is 21.0 Å². The van der Waals surface area contributed by atoms with Crippen LogP contribution in [0, 0.1) is 11.8 Å². The normalized spacial score (nSPS) is 13.0. The summed E-state index contributed by atoms with van der Waals surface area (Å²) >= 11 is 0. The van der Waals surface area contributed by atoms with E-state index >= 15 is 0 Å². The lowest BCUT2D eigenvalue weighted by Gasteiger charge is -2.08. The molecule has 1 aliphatic heterocycles. The number of nitrogens with zero attached hydrogens (tertiary/aromatic N) is 2. The van der Waals surface area contributed by atoms with Gasteiger partial charge in [0.25, 0.3) is 0 Å². The molecule has 4 heteroatoms. The number of allylic oxidation sites excluding steroid dienone is 1. The van der Waals surface area contributed by atoms with Crippen molar-refractivity contribution in [1.82, 2.24) is 20.4 Å². The van der Waals surface area contributed by atoms with E-state index in [1.54, 1.807) is 0 Å². The minimum atomic E-state index is 0. The van der Waals surface area contributed by atoms with E-state index in [9.17, 15) is 0 Å². The predicted octanol–water partition coefficient (Wildman–Crippen LogP) is 2.52. The molecule has 0 bridgehead atoms. The Kier molecular flexibility index (Phi) is 4.09. The van der Waals surface area contributed by atoms with E-state index in [1.165, 1.54) is 0 Å². The van der Waals surface area contributed by atoms with Crippen molar-refractivity contribution in [3.05, 3.63) is 41.9 Å². The topological polar surface area (TPSA) is 44.0 Å². The summed E-state index contributed by atoms with van der Waals surface area (Å²) < 4.78 is 0. The zero-order chi connectivity index (χ0) is 13.7. The van der Waals surface area contributed by atoms with E-state index in [-0.39, 0.29) is 1.43 Å². The number of aromatic nitrogens is 2. The number of fused-ring (bicyclic) bond motifs is 1. The van der Waals surface area contributed by atoms with Crippen LogP contribution in [-0.4, -0.2) is 28.8 Å². The largest absolute Gasteiger partial charge is 0.371 e. The number of hydrogen-bond donors (Lipinski definition) is 2. The Bertz CT molecular complexity index is 648. The second kappa shape index (κ2) is 5.96. The van der Waals surface area contributed by atoms with Crippen molar-refractivity contribution < 1.29 is 1.43 Å². The molecule has 19 heavy (non-hydrogen) atoms. The van der Waals surface area contributed by atoms with Gasteiger partial charge in [-0.25, -0.2) is 0 Å². The molecule has 4 nitrogen and oxygen atoms in total. The Balaban J connectivity index is 0.000000639. The fourth-order valence-electron chi connectivity index (χ4n) is 1.79. The molecule has 2 heterocycles. The number of rotatable bonds is 0. The summed E-state index contributed by atoms with van der Waals surface area (Å²) in [5.74, 6) is 6.25. The highest BCUT2D eigenvalue weighted by Gasteiger charge is 2.06. The van der Waals surface area contributed by atoms with Crippen LogP contribution in [-0.2, 0) is 0 Å². The highest BCUT2D eigenvalue weighted by molar-refractivity contribution is 5.83. The van der Waals surface area contributed by atoms with Crippen LogP contribution in [0.4, 0.5) is 0 Å². The highest BCUT2D eigenvalue weighted by atomic mass is 15.2. The second-order valence-corrected chi connectivity index (χ2v) is 3.96. The van der Waals surface area contributed by atoms with Crippen LogP contribution >= 0.6 is 0 Å². The molecule has 1 aromatic carbocycles. The smallest absolute Gasteiger partial charge is 0.116 e. The van der Waals surface area contributed by atoms with Gasteiger partial charge in [-0.05, 0) is 24.0 Å². The van der Waals surface area contributed by atoms with Crippen molar-refractivity contribution in [1.29, 1.82) is 0 Å². The minimum Gasteiger partial charge on any atom is -0.371 e. The van der Waals surface area contributed by atoms with E-state index in [0.717, 1.165) is 29.0 Å². The molecule has 100 valence electrons. The van der Waals surface area contributed by atoms with Gasteiger partial charge in [0, 0.05) is 20.1 Å². The van der Waals surface area contributed by atoms with Crippen LogP contribution in [0.25, 0.3) is 10.9 Å². The van der Waals surface area contributed by atoms with Crippen LogP contribution in [0.15, 0.2) is 36.2 Å². The highest BCUT2D eigenvalue weighted by Crippen LogP contribution is 2.14. The lowest BCUT2D eigenvalue weighted by molar-refractivity contribution is 0.456. The Morgan fingerprint density at radius 3 is 2.79 bits per heavy atom. The molecule has 0 radical (unpaired) electrons. The second-order valence-electron chi connectivity index (χ2n) is 3.96. The van der Waals surface area contributed by atoms with E-state index in [0.29, 0.717) is 0 Å². The predicted molar refractivity (Wildman–Crippen MR) is 80.3 cm³/mol. The third kappa shape index (κ3) is 2.71. The van der Waals surface area contributed by atoms with E-state index in [2.05, 4.69) is 32.3 Å². The number of nitrogens with one attached hydrogen (secondary N) is 2. The SMILES string of the molecule is CC.CN1CNC=C1C#Cc1[nH]nc2ccccc12.[HH]. The van der Waals surface area contributed by atoms with Gasteiger partial charge in [0.1, 0.15) is 11.4 Å². The monoisotopic (exact) mass is 256 g/mol. The quantitative estimate of drug-likeness (QED) is 0.712. The van der Waals surface area contributed by atoms with Crippen molar-refractivity contribution in [2.75, 3.05) is 13.7 Å². The van der Waals surface area contributed by atoms with Crippen molar-refractivity contribution in [2.24, 2.45) is 0 Å². The lowest BCUT2D eigenvalue weighted by atomic mass is 10.2. The molecule has 2 aromatic rings. The summed E-state index contributed by atoms with van der Waals surface area (Å²) in [6.45, 7) is 4.81. The van der Waals surface area contributed by atoms with Crippen molar-refractivity contribution >= 4 is 10.9 Å². The molecular formula is C15H20N4. The lowest BCUT2D eigenvalue weighted by Crippen LogP contribution is -2.17. The Morgan fingerprint density at radius 1 is 1.26 bits per heavy atom. The summed E-state index contributed by atoms with van der Waals surface area (Å²) in [5, 5.41) is 11.4. The van der Waals surface area contributed by atoms with Crippen LogP contribution in [0.5, 0.6) is 0 Å². The number of H-pyrrole nitrogens is 1. The van der Waals surface area contributed by atoms with Crippen LogP contribution < -0.4 is 5.32 Å². The molecule has 1 aromatic heterocycles. The first-order valence-electron chi connectivity index (χ1n) is 6.44. The molecule has 1 aliphatic rings. The average Bonchev–Trinajstić information content (AvgIpc) is 3.05. The molecule has 0 spiro atoms. The van der Waals surface area contributed by atoms with Crippen LogP contribution in [0.2, 0.25) is 0 Å². The van der Waals surface area contributed by atoms with Gasteiger partial charge in [-0.2, -0.15) is 5.10 Å². The van der Waals surface area contributed by atoms with Gasteiger partial charge in [0.05, 0.1) is 12.2 Å². The minimum absolute atomic E-state index is 0. The molecule has 0 unspecified atom stereocenters. The average molecular weight is 256 g/mol. The summed E-state index contributed by atoms with van der Waals surface area (Å²) in [6, 6.07) is 7.95. The molecule has 0 saturated carbocycles. The van der Waals surface area contributed by atoms with Gasteiger partial charge in [0.2, 0.25) is 0 Å². The fourth-order valence-corrected chi connectivity index (χ4v) is 1.79.